The third-order valence-electron chi connectivity index (χ3n) is 7.89. The normalized spacial score (nSPS) is 34.4. The van der Waals surface area contributed by atoms with Crippen molar-refractivity contribution < 1.29 is 14.6 Å². The average molecular weight is 415 g/mol. The Balaban J connectivity index is 0.961. The Labute approximate surface area is 181 Å². The SMILES string of the molecule is OC(COCCOC12CC3CC(CC(C3)C1)C2)CN1CCN(c2ccccc2)CC1. The van der Waals surface area contributed by atoms with Crippen LogP contribution in [-0.4, -0.2) is 74.3 Å². The Hall–Kier alpha value is -1.14. The maximum atomic E-state index is 10.4. The molecule has 4 bridgehead atoms. The van der Waals surface area contributed by atoms with Gasteiger partial charge in [-0.3, -0.25) is 4.90 Å². The highest BCUT2D eigenvalue weighted by Gasteiger charge is 2.51. The molecule has 1 aromatic carbocycles. The highest BCUT2D eigenvalue weighted by molar-refractivity contribution is 5.46. The van der Waals surface area contributed by atoms with Gasteiger partial charge in [0, 0.05) is 38.4 Å². The van der Waals surface area contributed by atoms with E-state index < -0.39 is 6.10 Å². The lowest BCUT2D eigenvalue weighted by Gasteiger charge is -2.56. The van der Waals surface area contributed by atoms with Gasteiger partial charge in [-0.05, 0) is 68.4 Å². The van der Waals surface area contributed by atoms with Crippen LogP contribution in [0.5, 0.6) is 0 Å². The zero-order valence-corrected chi connectivity index (χ0v) is 18.3. The number of rotatable bonds is 9. The molecule has 30 heavy (non-hydrogen) atoms. The number of anilines is 1. The van der Waals surface area contributed by atoms with Crippen molar-refractivity contribution in [2.75, 3.05) is 57.4 Å². The molecule has 5 aliphatic rings. The van der Waals surface area contributed by atoms with E-state index in [1.54, 1.807) is 0 Å². The third kappa shape index (κ3) is 4.85. The van der Waals surface area contributed by atoms with Crippen LogP contribution in [0.1, 0.15) is 38.5 Å². The van der Waals surface area contributed by atoms with Gasteiger partial charge in [0.25, 0.3) is 0 Å². The zero-order valence-electron chi connectivity index (χ0n) is 18.3. The molecule has 0 aromatic heterocycles. The molecule has 166 valence electrons. The van der Waals surface area contributed by atoms with Crippen LogP contribution in [-0.2, 0) is 9.47 Å². The Kier molecular flexibility index (Phi) is 6.33. The summed E-state index contributed by atoms with van der Waals surface area (Å²) in [6.45, 7) is 6.37. The van der Waals surface area contributed by atoms with E-state index in [0.717, 1.165) is 43.9 Å². The van der Waals surface area contributed by atoms with Crippen molar-refractivity contribution in [3.63, 3.8) is 0 Å². The first-order valence-electron chi connectivity index (χ1n) is 12.1. The molecule has 5 heteroatoms. The third-order valence-corrected chi connectivity index (χ3v) is 7.89. The van der Waals surface area contributed by atoms with Crippen LogP contribution in [0.4, 0.5) is 5.69 Å². The van der Waals surface area contributed by atoms with E-state index >= 15 is 0 Å². The predicted molar refractivity (Wildman–Crippen MR) is 119 cm³/mol. The Morgan fingerprint density at radius 3 is 2.17 bits per heavy atom. The number of aliphatic hydroxyl groups excluding tert-OH is 1. The van der Waals surface area contributed by atoms with E-state index in [0.29, 0.717) is 26.4 Å². The van der Waals surface area contributed by atoms with Crippen molar-refractivity contribution in [1.29, 1.82) is 0 Å². The van der Waals surface area contributed by atoms with Crippen molar-refractivity contribution >= 4 is 5.69 Å². The van der Waals surface area contributed by atoms with Crippen molar-refractivity contribution in [3.05, 3.63) is 30.3 Å². The minimum absolute atomic E-state index is 0.162. The topological polar surface area (TPSA) is 45.2 Å². The fourth-order valence-electron chi connectivity index (χ4n) is 6.92. The van der Waals surface area contributed by atoms with Crippen molar-refractivity contribution in [1.82, 2.24) is 4.90 Å². The number of piperazine rings is 1. The first-order chi connectivity index (χ1) is 14.7. The monoisotopic (exact) mass is 414 g/mol. The summed E-state index contributed by atoms with van der Waals surface area (Å²) in [4.78, 5) is 4.76. The number of ether oxygens (including phenoxy) is 2. The van der Waals surface area contributed by atoms with E-state index in [9.17, 15) is 5.11 Å². The molecule has 1 aromatic rings. The van der Waals surface area contributed by atoms with Crippen LogP contribution in [0, 0.1) is 17.8 Å². The Morgan fingerprint density at radius 2 is 1.53 bits per heavy atom. The molecule has 4 aliphatic carbocycles. The maximum Gasteiger partial charge on any atom is 0.0900 e. The molecule has 0 spiro atoms. The second-order valence-electron chi connectivity index (χ2n) is 10.3. The van der Waals surface area contributed by atoms with Gasteiger partial charge in [-0.1, -0.05) is 18.2 Å². The van der Waals surface area contributed by atoms with Gasteiger partial charge in [0.1, 0.15) is 0 Å². The number of nitrogens with zero attached hydrogens (tertiary/aromatic N) is 2. The Morgan fingerprint density at radius 1 is 0.900 bits per heavy atom. The lowest BCUT2D eigenvalue weighted by molar-refractivity contribution is -0.170. The molecule has 0 radical (unpaired) electrons. The summed E-state index contributed by atoms with van der Waals surface area (Å²) < 4.78 is 12.2. The van der Waals surface area contributed by atoms with Crippen molar-refractivity contribution in [2.24, 2.45) is 17.8 Å². The highest BCUT2D eigenvalue weighted by Crippen LogP contribution is 2.57. The number of β-amino-alcohol motifs (C(OH)–C–C–N with tert-alkyl or cyclic N) is 1. The standard InChI is InChI=1S/C25H38N2O3/c28-24(18-26-6-8-27(9-7-26)23-4-2-1-3-5-23)19-29-10-11-30-25-15-20-12-21(16-25)14-22(13-20)17-25/h1-5,20-22,24,28H,6-19H2. The average Bonchev–Trinajstić information content (AvgIpc) is 2.74. The summed E-state index contributed by atoms with van der Waals surface area (Å²) in [6, 6.07) is 10.6. The van der Waals surface area contributed by atoms with Crippen molar-refractivity contribution in [3.8, 4) is 0 Å². The van der Waals surface area contributed by atoms with Gasteiger partial charge in [0.05, 0.1) is 31.5 Å². The number of aliphatic hydroxyl groups is 1. The van der Waals surface area contributed by atoms with Gasteiger partial charge in [-0.2, -0.15) is 0 Å². The minimum Gasteiger partial charge on any atom is -0.389 e. The summed E-state index contributed by atoms with van der Waals surface area (Å²) in [5.41, 5.74) is 1.45. The van der Waals surface area contributed by atoms with E-state index in [2.05, 4.69) is 40.1 Å². The second kappa shape index (κ2) is 9.15. The molecule has 1 atom stereocenters. The molecule has 1 N–H and O–H groups in total. The summed E-state index contributed by atoms with van der Waals surface area (Å²) >= 11 is 0. The number of para-hydroxylation sites is 1. The van der Waals surface area contributed by atoms with E-state index in [1.807, 2.05) is 0 Å². The van der Waals surface area contributed by atoms with Gasteiger partial charge in [0.15, 0.2) is 0 Å². The first-order valence-corrected chi connectivity index (χ1v) is 12.1. The number of hydrogen-bond acceptors (Lipinski definition) is 5. The molecule has 1 aliphatic heterocycles. The molecule has 0 amide bonds. The molecule has 5 nitrogen and oxygen atoms in total. The van der Waals surface area contributed by atoms with E-state index in [-0.39, 0.29) is 5.60 Å². The van der Waals surface area contributed by atoms with Gasteiger partial charge < -0.3 is 19.5 Å². The molecule has 1 saturated heterocycles. The van der Waals surface area contributed by atoms with Crippen LogP contribution >= 0.6 is 0 Å². The fraction of sp³-hybridized carbons (Fsp3) is 0.760. The predicted octanol–water partition coefficient (Wildman–Crippen LogP) is 3.17. The largest absolute Gasteiger partial charge is 0.389 e. The molecule has 4 saturated carbocycles. The van der Waals surface area contributed by atoms with Crippen LogP contribution in [0.15, 0.2) is 30.3 Å². The summed E-state index contributed by atoms with van der Waals surface area (Å²) in [6.07, 6.45) is 7.75. The lowest BCUT2D eigenvalue weighted by atomic mass is 9.54. The molecular formula is C25H38N2O3. The summed E-state index contributed by atoms with van der Waals surface area (Å²) in [5, 5.41) is 10.4. The fourth-order valence-corrected chi connectivity index (χ4v) is 6.92. The van der Waals surface area contributed by atoms with Crippen LogP contribution in [0.25, 0.3) is 0 Å². The van der Waals surface area contributed by atoms with Crippen molar-refractivity contribution in [2.45, 2.75) is 50.2 Å². The second-order valence-corrected chi connectivity index (χ2v) is 10.3. The molecule has 6 rings (SSSR count). The van der Waals surface area contributed by atoms with Crippen LogP contribution in [0.3, 0.4) is 0 Å². The maximum absolute atomic E-state index is 10.4. The number of hydrogen-bond donors (Lipinski definition) is 1. The van der Waals surface area contributed by atoms with Crippen LogP contribution < -0.4 is 4.90 Å². The van der Waals surface area contributed by atoms with Gasteiger partial charge in [0.2, 0.25) is 0 Å². The van der Waals surface area contributed by atoms with E-state index in [1.165, 1.54) is 44.2 Å². The zero-order chi connectivity index (χ0) is 20.4. The lowest BCUT2D eigenvalue weighted by Crippen LogP contribution is -2.52. The van der Waals surface area contributed by atoms with Gasteiger partial charge in [-0.25, -0.2) is 0 Å². The minimum atomic E-state index is -0.423. The van der Waals surface area contributed by atoms with Gasteiger partial charge >= 0.3 is 0 Å². The molecule has 5 fully saturated rings. The first kappa shape index (κ1) is 20.7. The van der Waals surface area contributed by atoms with Crippen LogP contribution in [0.2, 0.25) is 0 Å². The molecule has 1 heterocycles. The number of benzene rings is 1. The van der Waals surface area contributed by atoms with Gasteiger partial charge in [-0.15, -0.1) is 0 Å². The summed E-state index contributed by atoms with van der Waals surface area (Å²) in [5.74, 6) is 2.75. The summed E-state index contributed by atoms with van der Waals surface area (Å²) in [7, 11) is 0. The highest BCUT2D eigenvalue weighted by atomic mass is 16.5. The van der Waals surface area contributed by atoms with E-state index in [4.69, 9.17) is 9.47 Å². The quantitative estimate of drug-likeness (QED) is 0.629. The molecule has 1 unspecified atom stereocenters. The molecular weight excluding hydrogens is 376 g/mol. The smallest absolute Gasteiger partial charge is 0.0900 e. The Bertz CT molecular complexity index is 639.